The number of esters is 1. The zero-order valence-electron chi connectivity index (χ0n) is 12.9. The molecular formula is C19H20O4. The fourth-order valence-electron chi connectivity index (χ4n) is 2.50. The Kier molecular flexibility index (Phi) is 5.27. The summed E-state index contributed by atoms with van der Waals surface area (Å²) >= 11 is 0. The van der Waals surface area contributed by atoms with Crippen molar-refractivity contribution in [1.29, 1.82) is 0 Å². The first-order chi connectivity index (χ1) is 11.3. The lowest BCUT2D eigenvalue weighted by atomic mass is 10.1. The average Bonchev–Trinajstić information content (AvgIpc) is 2.62. The number of benzene rings is 2. The molecule has 0 amide bonds. The Morgan fingerprint density at radius 3 is 2.65 bits per heavy atom. The molecule has 3 rings (SSSR count). The van der Waals surface area contributed by atoms with Gasteiger partial charge in [0.05, 0.1) is 11.7 Å². The SMILES string of the molecule is O=C(OC[C@@H]1CCCCO1)c1cccc(Oc2ccccc2)c1. The van der Waals surface area contributed by atoms with Gasteiger partial charge in [0.15, 0.2) is 0 Å². The molecule has 0 bridgehead atoms. The molecule has 0 unspecified atom stereocenters. The van der Waals surface area contributed by atoms with Gasteiger partial charge in [-0.3, -0.25) is 0 Å². The van der Waals surface area contributed by atoms with Gasteiger partial charge in [-0.05, 0) is 49.6 Å². The summed E-state index contributed by atoms with van der Waals surface area (Å²) < 4.78 is 16.6. The molecular weight excluding hydrogens is 292 g/mol. The lowest BCUT2D eigenvalue weighted by Crippen LogP contribution is -2.25. The van der Waals surface area contributed by atoms with Crippen molar-refractivity contribution in [1.82, 2.24) is 0 Å². The zero-order valence-corrected chi connectivity index (χ0v) is 12.9. The summed E-state index contributed by atoms with van der Waals surface area (Å²) in [6.07, 6.45) is 3.19. The number of hydrogen-bond acceptors (Lipinski definition) is 4. The van der Waals surface area contributed by atoms with Gasteiger partial charge in [0.1, 0.15) is 18.1 Å². The molecule has 0 saturated carbocycles. The van der Waals surface area contributed by atoms with Gasteiger partial charge in [0.25, 0.3) is 0 Å². The second-order valence-corrected chi connectivity index (χ2v) is 5.53. The van der Waals surface area contributed by atoms with Crippen LogP contribution in [0.15, 0.2) is 54.6 Å². The average molecular weight is 312 g/mol. The van der Waals surface area contributed by atoms with Gasteiger partial charge in [-0.25, -0.2) is 4.79 Å². The summed E-state index contributed by atoms with van der Waals surface area (Å²) in [6.45, 7) is 1.06. The second kappa shape index (κ2) is 7.79. The Labute approximate surface area is 136 Å². The summed E-state index contributed by atoms with van der Waals surface area (Å²) in [5.41, 5.74) is 0.481. The second-order valence-electron chi connectivity index (χ2n) is 5.53. The molecule has 1 heterocycles. The van der Waals surface area contributed by atoms with Gasteiger partial charge in [0, 0.05) is 6.61 Å². The van der Waals surface area contributed by atoms with Crippen molar-refractivity contribution in [3.63, 3.8) is 0 Å². The number of para-hydroxylation sites is 1. The molecule has 1 fully saturated rings. The maximum atomic E-state index is 12.2. The lowest BCUT2D eigenvalue weighted by molar-refractivity contribution is -0.0300. The molecule has 0 N–H and O–H groups in total. The van der Waals surface area contributed by atoms with E-state index in [9.17, 15) is 4.79 Å². The minimum absolute atomic E-state index is 0.0245. The van der Waals surface area contributed by atoms with Crippen molar-refractivity contribution in [2.45, 2.75) is 25.4 Å². The van der Waals surface area contributed by atoms with Gasteiger partial charge >= 0.3 is 5.97 Å². The maximum absolute atomic E-state index is 12.2. The van der Waals surface area contributed by atoms with E-state index in [1.54, 1.807) is 18.2 Å². The molecule has 1 aliphatic heterocycles. The lowest BCUT2D eigenvalue weighted by Gasteiger charge is -2.22. The first-order valence-electron chi connectivity index (χ1n) is 7.93. The smallest absolute Gasteiger partial charge is 0.338 e. The van der Waals surface area contributed by atoms with Crippen LogP contribution >= 0.6 is 0 Å². The fraction of sp³-hybridized carbons (Fsp3) is 0.316. The molecule has 2 aromatic rings. The number of hydrogen-bond donors (Lipinski definition) is 0. The number of carbonyl (C=O) groups is 1. The van der Waals surface area contributed by atoms with Crippen LogP contribution in [0.3, 0.4) is 0 Å². The minimum atomic E-state index is -0.349. The van der Waals surface area contributed by atoms with Crippen LogP contribution in [0.4, 0.5) is 0 Å². The summed E-state index contributed by atoms with van der Waals surface area (Å²) in [5.74, 6) is 0.992. The quantitative estimate of drug-likeness (QED) is 0.776. The van der Waals surface area contributed by atoms with Crippen molar-refractivity contribution in [2.24, 2.45) is 0 Å². The molecule has 0 aliphatic carbocycles. The molecule has 4 heteroatoms. The van der Waals surface area contributed by atoms with Crippen LogP contribution < -0.4 is 4.74 Å². The van der Waals surface area contributed by atoms with Gasteiger partial charge in [0.2, 0.25) is 0 Å². The molecule has 23 heavy (non-hydrogen) atoms. The molecule has 4 nitrogen and oxygen atoms in total. The third-order valence-corrected chi connectivity index (χ3v) is 3.72. The van der Waals surface area contributed by atoms with Crippen LogP contribution in [0.5, 0.6) is 11.5 Å². The van der Waals surface area contributed by atoms with E-state index in [1.807, 2.05) is 36.4 Å². The van der Waals surface area contributed by atoms with Crippen molar-refractivity contribution >= 4 is 5.97 Å². The minimum Gasteiger partial charge on any atom is -0.459 e. The summed E-state index contributed by atoms with van der Waals surface area (Å²) in [4.78, 5) is 12.2. The van der Waals surface area contributed by atoms with Crippen molar-refractivity contribution in [2.75, 3.05) is 13.2 Å². The van der Waals surface area contributed by atoms with E-state index in [0.29, 0.717) is 17.9 Å². The predicted octanol–water partition coefficient (Wildman–Crippen LogP) is 4.20. The van der Waals surface area contributed by atoms with Crippen LogP contribution in [0, 0.1) is 0 Å². The highest BCUT2D eigenvalue weighted by atomic mass is 16.6. The molecule has 0 aromatic heterocycles. The Balaban J connectivity index is 1.58. The van der Waals surface area contributed by atoms with Crippen LogP contribution in [-0.2, 0) is 9.47 Å². The van der Waals surface area contributed by atoms with Gasteiger partial charge in [-0.1, -0.05) is 24.3 Å². The molecule has 0 spiro atoms. The molecule has 1 atom stereocenters. The maximum Gasteiger partial charge on any atom is 0.338 e. The summed E-state index contributed by atoms with van der Waals surface area (Å²) in [6, 6.07) is 16.5. The third-order valence-electron chi connectivity index (χ3n) is 3.72. The van der Waals surface area contributed by atoms with E-state index in [-0.39, 0.29) is 12.1 Å². The Hall–Kier alpha value is -2.33. The standard InChI is InChI=1S/C19H20O4/c20-19(22-14-18-10-4-5-12-21-18)15-7-6-11-17(13-15)23-16-8-2-1-3-9-16/h1-3,6-9,11,13,18H,4-5,10,12,14H2/t18-/m0/s1. The van der Waals surface area contributed by atoms with Gasteiger partial charge in [-0.15, -0.1) is 0 Å². The largest absolute Gasteiger partial charge is 0.459 e. The van der Waals surface area contributed by atoms with E-state index in [2.05, 4.69) is 0 Å². The van der Waals surface area contributed by atoms with E-state index >= 15 is 0 Å². The highest BCUT2D eigenvalue weighted by Gasteiger charge is 2.17. The first-order valence-corrected chi connectivity index (χ1v) is 7.93. The fourth-order valence-corrected chi connectivity index (χ4v) is 2.50. The van der Waals surface area contributed by atoms with Gasteiger partial charge < -0.3 is 14.2 Å². The van der Waals surface area contributed by atoms with Crippen LogP contribution in [0.2, 0.25) is 0 Å². The van der Waals surface area contributed by atoms with E-state index in [0.717, 1.165) is 31.6 Å². The topological polar surface area (TPSA) is 44.8 Å². The highest BCUT2D eigenvalue weighted by molar-refractivity contribution is 5.89. The number of ether oxygens (including phenoxy) is 3. The molecule has 0 radical (unpaired) electrons. The van der Waals surface area contributed by atoms with Crippen molar-refractivity contribution in [3.05, 3.63) is 60.2 Å². The van der Waals surface area contributed by atoms with E-state index in [1.165, 1.54) is 0 Å². The van der Waals surface area contributed by atoms with Gasteiger partial charge in [-0.2, -0.15) is 0 Å². The monoisotopic (exact) mass is 312 g/mol. The first kappa shape index (κ1) is 15.6. The highest BCUT2D eigenvalue weighted by Crippen LogP contribution is 2.22. The normalized spacial score (nSPS) is 17.5. The van der Waals surface area contributed by atoms with E-state index in [4.69, 9.17) is 14.2 Å². The van der Waals surface area contributed by atoms with Crippen molar-refractivity contribution < 1.29 is 19.0 Å². The molecule has 120 valence electrons. The number of carbonyl (C=O) groups excluding carboxylic acids is 1. The number of rotatable bonds is 5. The molecule has 2 aromatic carbocycles. The summed E-state index contributed by atoms with van der Waals surface area (Å²) in [7, 11) is 0. The molecule has 1 saturated heterocycles. The Bertz CT molecular complexity index is 633. The Morgan fingerprint density at radius 2 is 1.87 bits per heavy atom. The molecule has 1 aliphatic rings. The zero-order chi connectivity index (χ0) is 15.9. The van der Waals surface area contributed by atoms with Crippen LogP contribution in [0.1, 0.15) is 29.6 Å². The Morgan fingerprint density at radius 1 is 1.04 bits per heavy atom. The summed E-state index contributed by atoms with van der Waals surface area (Å²) in [5, 5.41) is 0. The van der Waals surface area contributed by atoms with E-state index < -0.39 is 0 Å². The van der Waals surface area contributed by atoms with Crippen LogP contribution in [0.25, 0.3) is 0 Å². The predicted molar refractivity (Wildman–Crippen MR) is 86.8 cm³/mol. The van der Waals surface area contributed by atoms with Crippen molar-refractivity contribution in [3.8, 4) is 11.5 Å². The third kappa shape index (κ3) is 4.57. The van der Waals surface area contributed by atoms with Crippen LogP contribution in [-0.4, -0.2) is 25.3 Å².